The molecule has 0 aromatic rings. The van der Waals surface area contributed by atoms with Crippen molar-refractivity contribution in [2.24, 2.45) is 17.8 Å². The van der Waals surface area contributed by atoms with Gasteiger partial charge in [0.2, 0.25) is 5.91 Å². The molecular weight excluding hydrogens is 162 g/mol. The summed E-state index contributed by atoms with van der Waals surface area (Å²) >= 11 is 0. The number of carbonyl (C=O) groups excluding carboxylic acids is 1. The van der Waals surface area contributed by atoms with Crippen LogP contribution in [0, 0.1) is 17.8 Å². The molecule has 0 rings (SSSR count). The van der Waals surface area contributed by atoms with Gasteiger partial charge < -0.3 is 5.32 Å². The van der Waals surface area contributed by atoms with Gasteiger partial charge in [0.05, 0.1) is 0 Å². The third kappa shape index (κ3) is 4.91. The van der Waals surface area contributed by atoms with Crippen molar-refractivity contribution in [2.75, 3.05) is 7.05 Å². The molecule has 1 amide bonds. The van der Waals surface area contributed by atoms with E-state index in [4.69, 9.17) is 0 Å². The van der Waals surface area contributed by atoms with Gasteiger partial charge in [0, 0.05) is 13.0 Å². The van der Waals surface area contributed by atoms with Crippen LogP contribution in [0.4, 0.5) is 0 Å². The molecule has 0 radical (unpaired) electrons. The average Bonchev–Trinajstić information content (AvgIpc) is 2.03. The highest BCUT2D eigenvalue weighted by atomic mass is 16.1. The van der Waals surface area contributed by atoms with E-state index < -0.39 is 0 Å². The van der Waals surface area contributed by atoms with Crippen LogP contribution in [-0.2, 0) is 4.79 Å². The van der Waals surface area contributed by atoms with Gasteiger partial charge in [0.1, 0.15) is 0 Å². The van der Waals surface area contributed by atoms with Crippen molar-refractivity contribution in [3.05, 3.63) is 0 Å². The predicted molar refractivity (Wildman–Crippen MR) is 56.5 cm³/mol. The molecule has 0 aliphatic carbocycles. The van der Waals surface area contributed by atoms with Crippen molar-refractivity contribution in [3.8, 4) is 0 Å². The van der Waals surface area contributed by atoms with Gasteiger partial charge >= 0.3 is 0 Å². The smallest absolute Gasteiger partial charge is 0.223 e. The molecule has 0 aromatic heterocycles. The molecule has 1 unspecified atom stereocenters. The highest BCUT2D eigenvalue weighted by molar-refractivity contribution is 5.78. The maximum Gasteiger partial charge on any atom is 0.223 e. The van der Waals surface area contributed by atoms with Gasteiger partial charge in [-0.25, -0.2) is 0 Å². The van der Waals surface area contributed by atoms with E-state index in [2.05, 4.69) is 33.0 Å². The molecule has 0 aliphatic heterocycles. The molecule has 0 saturated heterocycles. The zero-order valence-corrected chi connectivity index (χ0v) is 9.55. The SMILES string of the molecule is CNC(=O)C(CCC(C)C)C(C)C. The Morgan fingerprint density at radius 3 is 2.00 bits per heavy atom. The van der Waals surface area contributed by atoms with Crippen LogP contribution in [0.1, 0.15) is 40.5 Å². The van der Waals surface area contributed by atoms with Crippen LogP contribution >= 0.6 is 0 Å². The van der Waals surface area contributed by atoms with E-state index in [0.29, 0.717) is 11.8 Å². The third-order valence-corrected chi connectivity index (χ3v) is 2.44. The van der Waals surface area contributed by atoms with Crippen molar-refractivity contribution < 1.29 is 4.79 Å². The van der Waals surface area contributed by atoms with E-state index in [1.54, 1.807) is 7.05 Å². The van der Waals surface area contributed by atoms with E-state index in [1.807, 2.05) is 0 Å². The first kappa shape index (κ1) is 12.5. The van der Waals surface area contributed by atoms with Gasteiger partial charge in [-0.15, -0.1) is 0 Å². The first-order valence-corrected chi connectivity index (χ1v) is 5.20. The summed E-state index contributed by atoms with van der Waals surface area (Å²) in [6.07, 6.45) is 2.14. The van der Waals surface area contributed by atoms with Crippen molar-refractivity contribution in [3.63, 3.8) is 0 Å². The first-order chi connectivity index (χ1) is 5.99. The Labute approximate surface area is 82.1 Å². The second-order valence-corrected chi connectivity index (χ2v) is 4.44. The molecule has 0 saturated carbocycles. The Kier molecular flexibility index (Phi) is 5.76. The molecule has 0 aliphatic rings. The molecule has 0 fully saturated rings. The van der Waals surface area contributed by atoms with Crippen molar-refractivity contribution >= 4 is 5.91 Å². The second-order valence-electron chi connectivity index (χ2n) is 4.44. The molecule has 13 heavy (non-hydrogen) atoms. The Bertz CT molecular complexity index is 152. The fourth-order valence-corrected chi connectivity index (χ4v) is 1.47. The molecule has 2 heteroatoms. The number of carbonyl (C=O) groups is 1. The fraction of sp³-hybridized carbons (Fsp3) is 0.909. The van der Waals surface area contributed by atoms with Gasteiger partial charge in [-0.2, -0.15) is 0 Å². The van der Waals surface area contributed by atoms with E-state index in [9.17, 15) is 4.79 Å². The van der Waals surface area contributed by atoms with Crippen LogP contribution in [0.5, 0.6) is 0 Å². The van der Waals surface area contributed by atoms with Crippen LogP contribution in [0.2, 0.25) is 0 Å². The number of nitrogens with one attached hydrogen (secondary N) is 1. The van der Waals surface area contributed by atoms with Gasteiger partial charge in [-0.3, -0.25) is 4.79 Å². The highest BCUT2D eigenvalue weighted by Gasteiger charge is 2.20. The molecule has 78 valence electrons. The lowest BCUT2D eigenvalue weighted by Gasteiger charge is -2.19. The summed E-state index contributed by atoms with van der Waals surface area (Å²) in [5, 5.41) is 2.73. The van der Waals surface area contributed by atoms with E-state index in [0.717, 1.165) is 12.8 Å². The Morgan fingerprint density at radius 1 is 1.15 bits per heavy atom. The maximum atomic E-state index is 11.5. The third-order valence-electron chi connectivity index (χ3n) is 2.44. The summed E-state index contributed by atoms with van der Waals surface area (Å²) in [7, 11) is 1.72. The lowest BCUT2D eigenvalue weighted by Crippen LogP contribution is -2.31. The average molecular weight is 185 g/mol. The molecule has 0 heterocycles. The molecule has 2 nitrogen and oxygen atoms in total. The number of rotatable bonds is 5. The molecule has 0 aromatic carbocycles. The van der Waals surface area contributed by atoms with Crippen LogP contribution in [0.25, 0.3) is 0 Å². The molecule has 1 N–H and O–H groups in total. The topological polar surface area (TPSA) is 29.1 Å². The fourth-order valence-electron chi connectivity index (χ4n) is 1.47. The van der Waals surface area contributed by atoms with E-state index in [-0.39, 0.29) is 11.8 Å². The minimum absolute atomic E-state index is 0.187. The molecule has 1 atom stereocenters. The maximum absolute atomic E-state index is 11.5. The summed E-state index contributed by atoms with van der Waals surface area (Å²) < 4.78 is 0. The van der Waals surface area contributed by atoms with Gasteiger partial charge in [0.15, 0.2) is 0 Å². The van der Waals surface area contributed by atoms with Crippen molar-refractivity contribution in [2.45, 2.75) is 40.5 Å². The molecular formula is C11H23NO. The van der Waals surface area contributed by atoms with Crippen LogP contribution in [0.15, 0.2) is 0 Å². The summed E-state index contributed by atoms with van der Waals surface area (Å²) in [5.74, 6) is 1.51. The van der Waals surface area contributed by atoms with Crippen LogP contribution in [0.3, 0.4) is 0 Å². The number of hydrogen-bond donors (Lipinski definition) is 1. The van der Waals surface area contributed by atoms with Crippen molar-refractivity contribution in [1.29, 1.82) is 0 Å². The zero-order chi connectivity index (χ0) is 10.4. The number of amides is 1. The summed E-state index contributed by atoms with van der Waals surface area (Å²) in [6.45, 7) is 8.61. The quantitative estimate of drug-likeness (QED) is 0.700. The summed E-state index contributed by atoms with van der Waals surface area (Å²) in [5.41, 5.74) is 0. The van der Waals surface area contributed by atoms with Gasteiger partial charge in [0.25, 0.3) is 0 Å². The van der Waals surface area contributed by atoms with E-state index >= 15 is 0 Å². The predicted octanol–water partition coefficient (Wildman–Crippen LogP) is 2.44. The largest absolute Gasteiger partial charge is 0.359 e. The second kappa shape index (κ2) is 6.01. The standard InChI is InChI=1S/C11H23NO/c1-8(2)6-7-10(9(3)4)11(13)12-5/h8-10H,6-7H2,1-5H3,(H,12,13). The van der Waals surface area contributed by atoms with Gasteiger partial charge in [-0.05, 0) is 18.3 Å². The zero-order valence-electron chi connectivity index (χ0n) is 9.55. The van der Waals surface area contributed by atoms with Crippen LogP contribution in [-0.4, -0.2) is 13.0 Å². The lowest BCUT2D eigenvalue weighted by atomic mass is 9.88. The number of hydrogen-bond acceptors (Lipinski definition) is 1. The molecule has 0 bridgehead atoms. The molecule has 0 spiro atoms. The minimum Gasteiger partial charge on any atom is -0.359 e. The Morgan fingerprint density at radius 2 is 1.69 bits per heavy atom. The van der Waals surface area contributed by atoms with E-state index in [1.165, 1.54) is 0 Å². The normalized spacial score (nSPS) is 13.5. The Hall–Kier alpha value is -0.530. The monoisotopic (exact) mass is 185 g/mol. The Balaban J connectivity index is 4.03. The van der Waals surface area contributed by atoms with Gasteiger partial charge in [-0.1, -0.05) is 34.1 Å². The summed E-state index contributed by atoms with van der Waals surface area (Å²) in [4.78, 5) is 11.5. The first-order valence-electron chi connectivity index (χ1n) is 5.20. The van der Waals surface area contributed by atoms with Crippen LogP contribution < -0.4 is 5.32 Å². The van der Waals surface area contributed by atoms with Crippen molar-refractivity contribution in [1.82, 2.24) is 5.32 Å². The minimum atomic E-state index is 0.187. The summed E-state index contributed by atoms with van der Waals surface area (Å²) in [6, 6.07) is 0. The lowest BCUT2D eigenvalue weighted by molar-refractivity contribution is -0.126. The highest BCUT2D eigenvalue weighted by Crippen LogP contribution is 2.19.